The molecule has 1 N–H and O–H groups in total. The van der Waals surface area contributed by atoms with Crippen LogP contribution >= 0.6 is 0 Å². The predicted molar refractivity (Wildman–Crippen MR) is 43.7 cm³/mol. The molecule has 0 spiro atoms. The Morgan fingerprint density at radius 2 is 2.50 bits per heavy atom. The number of aliphatic hydroxyl groups is 1. The number of nitrogens with zero attached hydrogens (tertiary/aromatic N) is 1. The number of ether oxygens (including phenoxy) is 1. The predicted octanol–water partition coefficient (Wildman–Crippen LogP) is -0.384. The molecule has 0 aliphatic carbocycles. The van der Waals surface area contributed by atoms with E-state index < -0.39 is 0 Å². The van der Waals surface area contributed by atoms with Gasteiger partial charge in [0.05, 0.1) is 6.10 Å². The number of rotatable bonds is 3. The molecule has 0 bridgehead atoms. The molecule has 1 saturated heterocycles. The Balaban J connectivity index is 2.38. The standard InChI is InChI=1S/C8H15NO3/c1-2-9-5-7(3-4-10)12-6-8(9)11/h7,10H,2-6H2,1H3. The van der Waals surface area contributed by atoms with Crippen LogP contribution < -0.4 is 0 Å². The van der Waals surface area contributed by atoms with Crippen molar-refractivity contribution in [2.24, 2.45) is 0 Å². The summed E-state index contributed by atoms with van der Waals surface area (Å²) < 4.78 is 5.21. The fraction of sp³-hybridized carbons (Fsp3) is 0.875. The fourth-order valence-electron chi connectivity index (χ4n) is 1.30. The Labute approximate surface area is 72.1 Å². The first kappa shape index (κ1) is 9.48. The van der Waals surface area contributed by atoms with E-state index in [4.69, 9.17) is 9.84 Å². The molecule has 0 aromatic heterocycles. The summed E-state index contributed by atoms with van der Waals surface area (Å²) >= 11 is 0. The van der Waals surface area contributed by atoms with Crippen molar-refractivity contribution in [1.82, 2.24) is 4.90 Å². The third kappa shape index (κ3) is 2.19. The molecule has 0 aromatic carbocycles. The van der Waals surface area contributed by atoms with Gasteiger partial charge in [-0.25, -0.2) is 0 Å². The lowest BCUT2D eigenvalue weighted by Gasteiger charge is -2.31. The van der Waals surface area contributed by atoms with Gasteiger partial charge in [-0.15, -0.1) is 0 Å². The Morgan fingerprint density at radius 1 is 1.75 bits per heavy atom. The van der Waals surface area contributed by atoms with E-state index in [2.05, 4.69) is 0 Å². The van der Waals surface area contributed by atoms with E-state index in [1.54, 1.807) is 4.90 Å². The van der Waals surface area contributed by atoms with Gasteiger partial charge in [0, 0.05) is 19.7 Å². The maximum absolute atomic E-state index is 11.1. The lowest BCUT2D eigenvalue weighted by molar-refractivity contribution is -0.149. The fourth-order valence-corrected chi connectivity index (χ4v) is 1.30. The third-order valence-electron chi connectivity index (χ3n) is 2.05. The summed E-state index contributed by atoms with van der Waals surface area (Å²) in [6, 6.07) is 0. The van der Waals surface area contributed by atoms with E-state index in [-0.39, 0.29) is 25.2 Å². The minimum atomic E-state index is 0.0210. The molecule has 4 nitrogen and oxygen atoms in total. The average Bonchev–Trinajstić information content (AvgIpc) is 2.09. The highest BCUT2D eigenvalue weighted by atomic mass is 16.5. The van der Waals surface area contributed by atoms with Gasteiger partial charge in [0.2, 0.25) is 5.91 Å². The first-order valence-corrected chi connectivity index (χ1v) is 4.28. The summed E-state index contributed by atoms with van der Waals surface area (Å²) in [6.07, 6.45) is 0.636. The van der Waals surface area contributed by atoms with Crippen LogP contribution in [0.1, 0.15) is 13.3 Å². The van der Waals surface area contributed by atoms with Gasteiger partial charge in [0.25, 0.3) is 0 Å². The average molecular weight is 173 g/mol. The minimum absolute atomic E-state index is 0.0210. The number of likely N-dealkylation sites (N-methyl/N-ethyl adjacent to an activating group) is 1. The molecule has 0 saturated carbocycles. The highest BCUT2D eigenvalue weighted by molar-refractivity contribution is 5.78. The Morgan fingerprint density at radius 3 is 3.08 bits per heavy atom. The number of hydrogen-bond acceptors (Lipinski definition) is 3. The van der Waals surface area contributed by atoms with Gasteiger partial charge in [-0.1, -0.05) is 0 Å². The van der Waals surface area contributed by atoms with Crippen molar-refractivity contribution >= 4 is 5.91 Å². The van der Waals surface area contributed by atoms with Gasteiger partial charge in [-0.2, -0.15) is 0 Å². The Bertz CT molecular complexity index is 160. The molecule has 1 fully saturated rings. The molecule has 70 valence electrons. The van der Waals surface area contributed by atoms with Crippen LogP contribution in [0.5, 0.6) is 0 Å². The van der Waals surface area contributed by atoms with Crippen LogP contribution in [0.3, 0.4) is 0 Å². The molecule has 1 aliphatic heterocycles. The quantitative estimate of drug-likeness (QED) is 0.632. The summed E-state index contributed by atoms with van der Waals surface area (Å²) in [5, 5.41) is 8.66. The molecule has 1 unspecified atom stereocenters. The van der Waals surface area contributed by atoms with Crippen LogP contribution in [0.15, 0.2) is 0 Å². The number of amides is 1. The molecule has 1 atom stereocenters. The lowest BCUT2D eigenvalue weighted by Crippen LogP contribution is -2.46. The number of carbonyl (C=O) groups excluding carboxylic acids is 1. The van der Waals surface area contributed by atoms with E-state index in [1.165, 1.54) is 0 Å². The zero-order valence-corrected chi connectivity index (χ0v) is 7.32. The van der Waals surface area contributed by atoms with Crippen LogP contribution in [0, 0.1) is 0 Å². The van der Waals surface area contributed by atoms with Gasteiger partial charge in [-0.3, -0.25) is 4.79 Å². The van der Waals surface area contributed by atoms with Crippen LogP contribution in [0.2, 0.25) is 0 Å². The van der Waals surface area contributed by atoms with Gasteiger partial charge in [-0.05, 0) is 13.3 Å². The summed E-state index contributed by atoms with van der Waals surface area (Å²) in [6.45, 7) is 3.58. The maximum Gasteiger partial charge on any atom is 0.248 e. The highest BCUT2D eigenvalue weighted by Crippen LogP contribution is 2.08. The van der Waals surface area contributed by atoms with Crippen LogP contribution in [0.25, 0.3) is 0 Å². The van der Waals surface area contributed by atoms with Gasteiger partial charge < -0.3 is 14.7 Å². The second-order valence-corrected chi connectivity index (χ2v) is 2.88. The molecule has 4 heteroatoms. The van der Waals surface area contributed by atoms with Gasteiger partial charge in [0.15, 0.2) is 0 Å². The molecule has 0 radical (unpaired) electrons. The summed E-state index contributed by atoms with van der Waals surface area (Å²) in [5.41, 5.74) is 0. The van der Waals surface area contributed by atoms with Crippen molar-refractivity contribution < 1.29 is 14.6 Å². The number of carbonyl (C=O) groups is 1. The van der Waals surface area contributed by atoms with E-state index >= 15 is 0 Å². The number of morpholine rings is 1. The first-order chi connectivity index (χ1) is 5.77. The molecule has 12 heavy (non-hydrogen) atoms. The van der Waals surface area contributed by atoms with Crippen molar-refractivity contribution in [1.29, 1.82) is 0 Å². The highest BCUT2D eigenvalue weighted by Gasteiger charge is 2.24. The van der Waals surface area contributed by atoms with Crippen molar-refractivity contribution in [3.05, 3.63) is 0 Å². The van der Waals surface area contributed by atoms with Crippen molar-refractivity contribution in [2.75, 3.05) is 26.3 Å². The molecule has 1 aliphatic rings. The summed E-state index contributed by atoms with van der Waals surface area (Å²) in [4.78, 5) is 12.9. The van der Waals surface area contributed by atoms with E-state index in [0.717, 1.165) is 6.54 Å². The molecule has 1 heterocycles. The van der Waals surface area contributed by atoms with Gasteiger partial charge >= 0.3 is 0 Å². The first-order valence-electron chi connectivity index (χ1n) is 4.28. The molecular weight excluding hydrogens is 158 g/mol. The monoisotopic (exact) mass is 173 g/mol. The molecular formula is C8H15NO3. The largest absolute Gasteiger partial charge is 0.396 e. The Kier molecular flexibility index (Phi) is 3.49. The van der Waals surface area contributed by atoms with Crippen LogP contribution in [-0.4, -0.2) is 48.3 Å². The second-order valence-electron chi connectivity index (χ2n) is 2.88. The van der Waals surface area contributed by atoms with E-state index in [1.807, 2.05) is 6.92 Å². The van der Waals surface area contributed by atoms with Crippen LogP contribution in [0.4, 0.5) is 0 Å². The lowest BCUT2D eigenvalue weighted by atomic mass is 10.2. The number of hydrogen-bond donors (Lipinski definition) is 1. The third-order valence-corrected chi connectivity index (χ3v) is 2.05. The van der Waals surface area contributed by atoms with Crippen molar-refractivity contribution in [2.45, 2.75) is 19.4 Å². The van der Waals surface area contributed by atoms with Crippen LogP contribution in [-0.2, 0) is 9.53 Å². The molecule has 1 amide bonds. The maximum atomic E-state index is 11.1. The molecule has 1 rings (SSSR count). The topological polar surface area (TPSA) is 49.8 Å². The summed E-state index contributed by atoms with van der Waals surface area (Å²) in [5.74, 6) is 0.0479. The van der Waals surface area contributed by atoms with E-state index in [9.17, 15) is 4.79 Å². The van der Waals surface area contributed by atoms with Crippen molar-refractivity contribution in [3.8, 4) is 0 Å². The number of aliphatic hydroxyl groups excluding tert-OH is 1. The van der Waals surface area contributed by atoms with E-state index in [0.29, 0.717) is 13.0 Å². The van der Waals surface area contributed by atoms with Gasteiger partial charge in [0.1, 0.15) is 6.61 Å². The SMILES string of the molecule is CCN1CC(CCO)OCC1=O. The zero-order valence-electron chi connectivity index (χ0n) is 7.32. The minimum Gasteiger partial charge on any atom is -0.396 e. The Hall–Kier alpha value is -0.610. The summed E-state index contributed by atoms with van der Waals surface area (Å²) in [7, 11) is 0. The smallest absolute Gasteiger partial charge is 0.248 e. The molecule has 0 aromatic rings. The normalized spacial score (nSPS) is 24.7. The second kappa shape index (κ2) is 4.42. The zero-order chi connectivity index (χ0) is 8.97. The van der Waals surface area contributed by atoms with Crippen molar-refractivity contribution in [3.63, 3.8) is 0 Å².